The number of ether oxygens (including phenoxy) is 2. The highest BCUT2D eigenvalue weighted by atomic mass is 16.5. The van der Waals surface area contributed by atoms with Crippen molar-refractivity contribution in [3.8, 4) is 0 Å². The third-order valence-corrected chi connectivity index (χ3v) is 4.46. The average Bonchev–Trinajstić information content (AvgIpc) is 2.72. The third kappa shape index (κ3) is 5.81. The van der Waals surface area contributed by atoms with Crippen LogP contribution >= 0.6 is 0 Å². The lowest BCUT2D eigenvalue weighted by atomic mass is 10.1. The summed E-state index contributed by atoms with van der Waals surface area (Å²) in [6.07, 6.45) is 2.10. The van der Waals surface area contributed by atoms with Gasteiger partial charge in [0.05, 0.1) is 24.2 Å². The first-order valence-corrected chi connectivity index (χ1v) is 10.3. The molecule has 1 aromatic heterocycles. The molecule has 150 valence electrons. The van der Waals surface area contributed by atoms with E-state index in [0.29, 0.717) is 13.2 Å². The maximum atomic E-state index is 5.52. The Morgan fingerprint density at radius 1 is 0.679 bits per heavy atom. The van der Waals surface area contributed by atoms with Crippen LogP contribution in [0.2, 0.25) is 0 Å². The number of nitrogens with one attached hydrogen (secondary N) is 2. The molecule has 0 atom stereocenters. The molecule has 0 saturated carbocycles. The molecular weight excluding hydrogens is 350 g/mol. The summed E-state index contributed by atoms with van der Waals surface area (Å²) in [7, 11) is 0. The quantitative estimate of drug-likeness (QED) is 0.339. The van der Waals surface area contributed by atoms with Crippen molar-refractivity contribution in [1.82, 2.24) is 4.98 Å². The zero-order chi connectivity index (χ0) is 19.6. The largest absolute Gasteiger partial charge is 0.383 e. The molecule has 3 aromatic rings. The van der Waals surface area contributed by atoms with E-state index in [1.54, 1.807) is 0 Å². The molecule has 0 radical (unpaired) electrons. The number of hydrogen-bond donors (Lipinski definition) is 2. The van der Waals surface area contributed by atoms with Crippen LogP contribution < -0.4 is 10.6 Å². The lowest BCUT2D eigenvalue weighted by molar-refractivity contribution is 0.144. The van der Waals surface area contributed by atoms with Crippen LogP contribution in [0.3, 0.4) is 0 Å². The smallest absolute Gasteiger partial charge is 0.0730 e. The van der Waals surface area contributed by atoms with Crippen LogP contribution in [0, 0.1) is 0 Å². The maximum Gasteiger partial charge on any atom is 0.0730 e. The van der Waals surface area contributed by atoms with Gasteiger partial charge in [-0.2, -0.15) is 0 Å². The van der Waals surface area contributed by atoms with Gasteiger partial charge >= 0.3 is 0 Å². The highest BCUT2D eigenvalue weighted by molar-refractivity contribution is 5.95. The molecule has 3 rings (SSSR count). The van der Waals surface area contributed by atoms with Gasteiger partial charge in [0.2, 0.25) is 0 Å². The number of anilines is 2. The molecule has 0 aliphatic carbocycles. The standard InChI is InChI=1S/C23H31N3O2/c1-3-11-27-13-9-24-20-7-5-18-15-19-6-8-21(25-10-14-28-12-4-2)17-23(19)26-22(18)16-20/h5-8,15-17,24-25H,3-4,9-14H2,1-2H3. The molecule has 0 bridgehead atoms. The van der Waals surface area contributed by atoms with Crippen molar-refractivity contribution in [1.29, 1.82) is 0 Å². The molecule has 0 amide bonds. The zero-order valence-electron chi connectivity index (χ0n) is 17.0. The van der Waals surface area contributed by atoms with Gasteiger partial charge in [-0.1, -0.05) is 26.0 Å². The Bertz CT molecular complexity index is 813. The maximum absolute atomic E-state index is 5.52. The van der Waals surface area contributed by atoms with Crippen molar-refractivity contribution in [3.63, 3.8) is 0 Å². The average molecular weight is 382 g/mol. The molecule has 1 heterocycles. The summed E-state index contributed by atoms with van der Waals surface area (Å²) in [4.78, 5) is 4.87. The summed E-state index contributed by atoms with van der Waals surface area (Å²) in [5, 5.41) is 9.11. The van der Waals surface area contributed by atoms with E-state index in [2.05, 4.69) is 66.9 Å². The van der Waals surface area contributed by atoms with E-state index < -0.39 is 0 Å². The first kappa shape index (κ1) is 20.4. The summed E-state index contributed by atoms with van der Waals surface area (Å²) in [6, 6.07) is 14.8. The predicted molar refractivity (Wildman–Crippen MR) is 118 cm³/mol. The van der Waals surface area contributed by atoms with Crippen LogP contribution in [-0.2, 0) is 9.47 Å². The van der Waals surface area contributed by atoms with Crippen LogP contribution in [-0.4, -0.2) is 44.5 Å². The minimum absolute atomic E-state index is 0.716. The zero-order valence-corrected chi connectivity index (χ0v) is 17.0. The van der Waals surface area contributed by atoms with Gasteiger partial charge in [-0.05, 0) is 43.2 Å². The minimum atomic E-state index is 0.716. The first-order chi connectivity index (χ1) is 13.8. The van der Waals surface area contributed by atoms with E-state index in [4.69, 9.17) is 14.5 Å². The molecule has 2 aromatic carbocycles. The Morgan fingerprint density at radius 2 is 1.18 bits per heavy atom. The third-order valence-electron chi connectivity index (χ3n) is 4.46. The second kappa shape index (κ2) is 10.8. The highest BCUT2D eigenvalue weighted by Gasteiger charge is 2.03. The molecule has 5 heteroatoms. The molecule has 0 fully saturated rings. The van der Waals surface area contributed by atoms with Gasteiger partial charge in [-0.3, -0.25) is 0 Å². The van der Waals surface area contributed by atoms with Crippen molar-refractivity contribution in [2.75, 3.05) is 50.2 Å². The van der Waals surface area contributed by atoms with E-state index in [1.807, 2.05) is 0 Å². The molecule has 0 spiro atoms. The fourth-order valence-electron chi connectivity index (χ4n) is 3.07. The van der Waals surface area contributed by atoms with Crippen molar-refractivity contribution in [3.05, 3.63) is 42.5 Å². The Labute approximate surface area is 167 Å². The number of benzene rings is 2. The van der Waals surface area contributed by atoms with E-state index in [-0.39, 0.29) is 0 Å². The van der Waals surface area contributed by atoms with Crippen molar-refractivity contribution in [2.24, 2.45) is 0 Å². The van der Waals surface area contributed by atoms with Gasteiger partial charge in [0.25, 0.3) is 0 Å². The summed E-state index contributed by atoms with van der Waals surface area (Å²) in [5.41, 5.74) is 4.13. The second-order valence-electron chi connectivity index (χ2n) is 6.88. The topological polar surface area (TPSA) is 55.4 Å². The molecule has 0 aliphatic heterocycles. The van der Waals surface area contributed by atoms with Crippen molar-refractivity contribution >= 4 is 33.2 Å². The van der Waals surface area contributed by atoms with E-state index in [1.165, 1.54) is 0 Å². The van der Waals surface area contributed by atoms with Gasteiger partial charge in [-0.25, -0.2) is 4.98 Å². The first-order valence-electron chi connectivity index (χ1n) is 10.3. The molecule has 2 N–H and O–H groups in total. The van der Waals surface area contributed by atoms with Gasteiger partial charge in [0, 0.05) is 48.5 Å². The van der Waals surface area contributed by atoms with Crippen molar-refractivity contribution < 1.29 is 9.47 Å². The normalized spacial score (nSPS) is 11.2. The molecule has 0 aliphatic rings. The number of hydrogen-bond acceptors (Lipinski definition) is 5. The molecular formula is C23H31N3O2. The highest BCUT2D eigenvalue weighted by Crippen LogP contribution is 2.24. The lowest BCUT2D eigenvalue weighted by Crippen LogP contribution is -2.09. The fraction of sp³-hybridized carbons (Fsp3) is 0.435. The minimum Gasteiger partial charge on any atom is -0.383 e. The number of rotatable bonds is 12. The van der Waals surface area contributed by atoms with E-state index in [9.17, 15) is 0 Å². The summed E-state index contributed by atoms with van der Waals surface area (Å²) >= 11 is 0. The summed E-state index contributed by atoms with van der Waals surface area (Å²) < 4.78 is 11.0. The Hall–Kier alpha value is -2.37. The lowest BCUT2D eigenvalue weighted by Gasteiger charge is -2.10. The van der Waals surface area contributed by atoms with E-state index >= 15 is 0 Å². The van der Waals surface area contributed by atoms with Crippen LogP contribution in [0.4, 0.5) is 11.4 Å². The number of fused-ring (bicyclic) bond motifs is 2. The van der Waals surface area contributed by atoms with Crippen LogP contribution in [0.5, 0.6) is 0 Å². The van der Waals surface area contributed by atoms with E-state index in [0.717, 1.165) is 72.3 Å². The predicted octanol–water partition coefficient (Wildman–Crippen LogP) is 5.07. The SMILES string of the molecule is CCCOCCNc1ccc2cc3ccc(NCCOCCC)cc3nc2c1. The molecule has 0 unspecified atom stereocenters. The Balaban J connectivity index is 1.67. The number of nitrogens with zero attached hydrogens (tertiary/aromatic N) is 1. The van der Waals surface area contributed by atoms with Gasteiger partial charge < -0.3 is 20.1 Å². The monoisotopic (exact) mass is 381 g/mol. The molecule has 28 heavy (non-hydrogen) atoms. The second-order valence-corrected chi connectivity index (χ2v) is 6.88. The van der Waals surface area contributed by atoms with Crippen LogP contribution in [0.15, 0.2) is 42.5 Å². The van der Waals surface area contributed by atoms with Gasteiger partial charge in [0.15, 0.2) is 0 Å². The van der Waals surface area contributed by atoms with Crippen LogP contribution in [0.25, 0.3) is 21.8 Å². The number of aromatic nitrogens is 1. The number of pyridine rings is 1. The Kier molecular flexibility index (Phi) is 7.88. The van der Waals surface area contributed by atoms with Gasteiger partial charge in [0.1, 0.15) is 0 Å². The Morgan fingerprint density at radius 3 is 1.64 bits per heavy atom. The van der Waals surface area contributed by atoms with Crippen molar-refractivity contribution in [2.45, 2.75) is 26.7 Å². The molecule has 0 saturated heterocycles. The molecule has 5 nitrogen and oxygen atoms in total. The summed E-state index contributed by atoms with van der Waals surface area (Å²) in [5.74, 6) is 0. The fourth-order valence-corrected chi connectivity index (χ4v) is 3.07. The van der Waals surface area contributed by atoms with Crippen LogP contribution in [0.1, 0.15) is 26.7 Å². The summed E-state index contributed by atoms with van der Waals surface area (Å²) in [6.45, 7) is 8.90. The van der Waals surface area contributed by atoms with Gasteiger partial charge in [-0.15, -0.1) is 0 Å².